The molecule has 2 aromatic carbocycles. The van der Waals surface area contributed by atoms with Gasteiger partial charge in [0.15, 0.2) is 6.10 Å². The maximum Gasteiger partial charge on any atom is 0.260 e. The highest BCUT2D eigenvalue weighted by molar-refractivity contribution is 9.10. The summed E-state index contributed by atoms with van der Waals surface area (Å²) < 4.78 is 32.4. The quantitative estimate of drug-likeness (QED) is 0.822. The van der Waals surface area contributed by atoms with Crippen molar-refractivity contribution in [3.8, 4) is 5.75 Å². The van der Waals surface area contributed by atoms with Gasteiger partial charge >= 0.3 is 0 Å². The van der Waals surface area contributed by atoms with Gasteiger partial charge in [0, 0.05) is 6.54 Å². The van der Waals surface area contributed by atoms with Crippen molar-refractivity contribution in [1.29, 1.82) is 0 Å². The molecule has 0 aliphatic carbocycles. The Labute approximate surface area is 141 Å². The second kappa shape index (κ2) is 8.06. The average Bonchev–Trinajstić information content (AvgIpc) is 2.51. The van der Waals surface area contributed by atoms with Crippen LogP contribution in [0.1, 0.15) is 12.5 Å². The van der Waals surface area contributed by atoms with E-state index in [1.807, 2.05) is 0 Å². The zero-order valence-corrected chi connectivity index (χ0v) is 14.1. The predicted molar refractivity (Wildman–Crippen MR) is 87.3 cm³/mol. The highest BCUT2D eigenvalue weighted by Gasteiger charge is 2.16. The van der Waals surface area contributed by atoms with E-state index in [1.165, 1.54) is 24.3 Å². The van der Waals surface area contributed by atoms with E-state index in [0.29, 0.717) is 28.8 Å². The summed E-state index contributed by atoms with van der Waals surface area (Å²) in [6, 6.07) is 10.4. The van der Waals surface area contributed by atoms with Crippen LogP contribution in [-0.4, -0.2) is 18.6 Å². The van der Waals surface area contributed by atoms with E-state index in [9.17, 15) is 13.6 Å². The molecule has 0 radical (unpaired) electrons. The Morgan fingerprint density at radius 2 is 2.00 bits per heavy atom. The number of carbonyl (C=O) groups is 1. The molecule has 0 fully saturated rings. The molecule has 0 bridgehead atoms. The van der Waals surface area contributed by atoms with E-state index in [0.717, 1.165) is 0 Å². The van der Waals surface area contributed by atoms with Gasteiger partial charge in [0.1, 0.15) is 17.4 Å². The van der Waals surface area contributed by atoms with E-state index >= 15 is 0 Å². The third-order valence-corrected chi connectivity index (χ3v) is 3.84. The molecule has 3 nitrogen and oxygen atoms in total. The number of ether oxygens (including phenoxy) is 1. The summed E-state index contributed by atoms with van der Waals surface area (Å²) in [5.74, 6) is -0.631. The molecule has 0 aromatic heterocycles. The summed E-state index contributed by atoms with van der Waals surface area (Å²) in [6.45, 7) is 1.90. The maximum absolute atomic E-state index is 13.5. The minimum Gasteiger partial charge on any atom is -0.480 e. The van der Waals surface area contributed by atoms with Gasteiger partial charge in [-0.2, -0.15) is 0 Å². The molecule has 6 heteroatoms. The number of benzene rings is 2. The lowest BCUT2D eigenvalue weighted by molar-refractivity contribution is -0.127. The summed E-state index contributed by atoms with van der Waals surface area (Å²) in [5.41, 5.74) is 0.544. The van der Waals surface area contributed by atoms with E-state index in [1.54, 1.807) is 25.1 Å². The topological polar surface area (TPSA) is 38.3 Å². The van der Waals surface area contributed by atoms with Gasteiger partial charge in [-0.15, -0.1) is 0 Å². The fourth-order valence-electron chi connectivity index (χ4n) is 1.98. The molecule has 122 valence electrons. The smallest absolute Gasteiger partial charge is 0.260 e. The third-order valence-electron chi connectivity index (χ3n) is 3.22. The van der Waals surface area contributed by atoms with Crippen LogP contribution >= 0.6 is 15.9 Å². The average molecular weight is 384 g/mol. The first-order valence-corrected chi connectivity index (χ1v) is 7.89. The third kappa shape index (κ3) is 5.03. The summed E-state index contributed by atoms with van der Waals surface area (Å²) in [5, 5.41) is 2.69. The molecule has 1 atom stereocenters. The first kappa shape index (κ1) is 17.4. The number of amides is 1. The van der Waals surface area contributed by atoms with Gasteiger partial charge in [0.25, 0.3) is 5.91 Å². The number of halogens is 3. The van der Waals surface area contributed by atoms with Crippen LogP contribution in [0.5, 0.6) is 5.75 Å². The van der Waals surface area contributed by atoms with Crippen molar-refractivity contribution in [2.45, 2.75) is 19.4 Å². The molecule has 1 N–H and O–H groups in total. The van der Waals surface area contributed by atoms with Crippen molar-refractivity contribution >= 4 is 21.8 Å². The van der Waals surface area contributed by atoms with Gasteiger partial charge in [0.2, 0.25) is 0 Å². The Kier molecular flexibility index (Phi) is 6.10. The zero-order valence-electron chi connectivity index (χ0n) is 12.5. The molecule has 0 aliphatic rings. The highest BCUT2D eigenvalue weighted by atomic mass is 79.9. The second-order valence-corrected chi connectivity index (χ2v) is 5.82. The van der Waals surface area contributed by atoms with Crippen molar-refractivity contribution in [2.24, 2.45) is 0 Å². The van der Waals surface area contributed by atoms with Crippen LogP contribution in [0.4, 0.5) is 8.78 Å². The van der Waals surface area contributed by atoms with Crippen molar-refractivity contribution in [3.05, 3.63) is 64.1 Å². The van der Waals surface area contributed by atoms with Crippen LogP contribution in [-0.2, 0) is 11.2 Å². The van der Waals surface area contributed by atoms with Crippen molar-refractivity contribution in [2.75, 3.05) is 6.54 Å². The summed E-state index contributed by atoms with van der Waals surface area (Å²) >= 11 is 3.18. The first-order chi connectivity index (χ1) is 11.0. The Morgan fingerprint density at radius 1 is 1.26 bits per heavy atom. The largest absolute Gasteiger partial charge is 0.480 e. The Balaban J connectivity index is 1.84. The Hall–Kier alpha value is -1.95. The number of hydrogen-bond donors (Lipinski definition) is 1. The van der Waals surface area contributed by atoms with Gasteiger partial charge in [-0.05, 0) is 59.1 Å². The standard InChI is InChI=1S/C17H16BrF2NO2/c1-11(23-16-7-6-13(19)10-14(16)18)17(22)21-9-8-12-4-2-3-5-15(12)20/h2-7,10-11H,8-9H2,1H3,(H,21,22). The Morgan fingerprint density at radius 3 is 2.70 bits per heavy atom. The number of rotatable bonds is 6. The lowest BCUT2D eigenvalue weighted by Crippen LogP contribution is -2.37. The normalized spacial score (nSPS) is 11.8. The fourth-order valence-corrected chi connectivity index (χ4v) is 2.42. The lowest BCUT2D eigenvalue weighted by Gasteiger charge is -2.16. The minimum atomic E-state index is -0.752. The lowest BCUT2D eigenvalue weighted by atomic mass is 10.1. The minimum absolute atomic E-state index is 0.290. The molecule has 0 aliphatic heterocycles. The molecule has 0 spiro atoms. The van der Waals surface area contributed by atoms with Crippen LogP contribution in [0.3, 0.4) is 0 Å². The molecule has 0 heterocycles. The molecule has 1 unspecified atom stereocenters. The van der Waals surface area contributed by atoms with Crippen molar-refractivity contribution < 1.29 is 18.3 Å². The van der Waals surface area contributed by atoms with E-state index in [2.05, 4.69) is 21.2 Å². The van der Waals surface area contributed by atoms with Crippen LogP contribution in [0.2, 0.25) is 0 Å². The van der Waals surface area contributed by atoms with Crippen LogP contribution < -0.4 is 10.1 Å². The number of carbonyl (C=O) groups excluding carboxylic acids is 1. The second-order valence-electron chi connectivity index (χ2n) is 4.97. The van der Waals surface area contributed by atoms with Gasteiger partial charge in [0.05, 0.1) is 4.47 Å². The number of nitrogens with one attached hydrogen (secondary N) is 1. The zero-order chi connectivity index (χ0) is 16.8. The molecule has 0 saturated heterocycles. The van der Waals surface area contributed by atoms with E-state index in [-0.39, 0.29) is 11.7 Å². The van der Waals surface area contributed by atoms with E-state index in [4.69, 9.17) is 4.74 Å². The summed E-state index contributed by atoms with van der Waals surface area (Å²) in [4.78, 5) is 12.0. The molecule has 2 rings (SSSR count). The van der Waals surface area contributed by atoms with Gasteiger partial charge in [-0.1, -0.05) is 18.2 Å². The number of hydrogen-bond acceptors (Lipinski definition) is 2. The maximum atomic E-state index is 13.5. The SMILES string of the molecule is CC(Oc1ccc(F)cc1Br)C(=O)NCCc1ccccc1F. The molecule has 23 heavy (non-hydrogen) atoms. The molecular formula is C17H16BrF2NO2. The molecule has 2 aromatic rings. The highest BCUT2D eigenvalue weighted by Crippen LogP contribution is 2.26. The first-order valence-electron chi connectivity index (χ1n) is 7.10. The van der Waals surface area contributed by atoms with Crippen molar-refractivity contribution in [1.82, 2.24) is 5.32 Å². The van der Waals surface area contributed by atoms with Gasteiger partial charge < -0.3 is 10.1 Å². The Bertz CT molecular complexity index is 694. The molecular weight excluding hydrogens is 368 g/mol. The summed E-state index contributed by atoms with van der Waals surface area (Å²) in [6.07, 6.45) is -0.358. The molecule has 1 amide bonds. The monoisotopic (exact) mass is 383 g/mol. The molecule has 0 saturated carbocycles. The fraction of sp³-hybridized carbons (Fsp3) is 0.235. The van der Waals surface area contributed by atoms with Gasteiger partial charge in [-0.3, -0.25) is 4.79 Å². The van der Waals surface area contributed by atoms with E-state index < -0.39 is 11.9 Å². The summed E-state index contributed by atoms with van der Waals surface area (Å²) in [7, 11) is 0. The predicted octanol–water partition coefficient (Wildman–Crippen LogP) is 3.85. The van der Waals surface area contributed by atoms with Gasteiger partial charge in [-0.25, -0.2) is 8.78 Å². The van der Waals surface area contributed by atoms with Crippen molar-refractivity contribution in [3.63, 3.8) is 0 Å². The van der Waals surface area contributed by atoms with Crippen LogP contribution in [0.25, 0.3) is 0 Å². The van der Waals surface area contributed by atoms with Crippen LogP contribution in [0, 0.1) is 11.6 Å². The van der Waals surface area contributed by atoms with Crippen LogP contribution in [0.15, 0.2) is 46.9 Å².